The van der Waals surface area contributed by atoms with Crippen LogP contribution >= 0.6 is 0 Å². The maximum Gasteiger partial charge on any atom is 0.135 e. The smallest absolute Gasteiger partial charge is 0.135 e. The van der Waals surface area contributed by atoms with Crippen LogP contribution in [0.1, 0.15) is 153 Å². The standard InChI is InChI=1S/C74H75N4O.Pt/c1-48(2)61-29-22-30-62(49(3)4)70(61)50-31-36-65-68(39-50)76(47-77(65)58-41-55(71(5,6)7)40-56(42-58)72(8,9)10)57-27-21-28-59(45-57)79-60-33-35-64-63-34-32-53(73(11,12)51-23-17-15-18-24-51)43-66(63)78(67(64)46-60)69-44-54(37-38-75-69)74(13,14)52-25-19-16-20-26-52;/h15-44,47-49H,1-14H3;/q-3;. The Hall–Kier alpha value is -7.20. The van der Waals surface area contributed by atoms with E-state index >= 15 is 0 Å². The summed E-state index contributed by atoms with van der Waals surface area (Å²) in [6, 6.07) is 71.7. The maximum atomic E-state index is 6.93. The number of anilines is 4. The van der Waals surface area contributed by atoms with Crippen LogP contribution in [0.15, 0.2) is 182 Å². The molecule has 8 aromatic carbocycles. The fourth-order valence-electron chi connectivity index (χ4n) is 11.5. The SMILES string of the molecule is CC(C)c1cccc(C(C)C)c1-c1ccc2c(c1)N(c1[c-]c(Oc3[c-]c4c(cc3)c3ccc(C(C)(C)c5ccccc5)cc3n4-c3cc(C(C)(C)c4ccccc4)ccn3)ccc1)[CH-]N2c1cc(C(C)(C)C)cc(C(C)(C)C)c1.[Pt]. The molecule has 0 bridgehead atoms. The first-order chi connectivity index (χ1) is 37.6. The molecule has 0 spiro atoms. The first-order valence-electron chi connectivity index (χ1n) is 28.2. The van der Waals surface area contributed by atoms with Crippen LogP contribution in [0, 0.1) is 18.8 Å². The largest absolute Gasteiger partial charge is 0.509 e. The van der Waals surface area contributed by atoms with Crippen LogP contribution in [0.5, 0.6) is 11.5 Å². The van der Waals surface area contributed by atoms with E-state index in [4.69, 9.17) is 9.72 Å². The van der Waals surface area contributed by atoms with E-state index in [-0.39, 0.29) is 42.7 Å². The molecule has 1 aliphatic heterocycles. The molecule has 410 valence electrons. The summed E-state index contributed by atoms with van der Waals surface area (Å²) >= 11 is 0. The van der Waals surface area contributed by atoms with Gasteiger partial charge in [-0.1, -0.05) is 206 Å². The van der Waals surface area contributed by atoms with Crippen LogP contribution in [0.3, 0.4) is 0 Å². The predicted octanol–water partition coefficient (Wildman–Crippen LogP) is 20.1. The second kappa shape index (κ2) is 21.4. The number of pyridine rings is 1. The molecule has 0 saturated carbocycles. The molecule has 3 heterocycles. The minimum atomic E-state index is -0.273. The van der Waals surface area contributed by atoms with Crippen molar-refractivity contribution >= 4 is 44.6 Å². The summed E-state index contributed by atoms with van der Waals surface area (Å²) in [5, 5.41) is 2.20. The van der Waals surface area contributed by atoms with Gasteiger partial charge in [0.15, 0.2) is 0 Å². The average Bonchev–Trinajstić information content (AvgIpc) is 3.98. The molecule has 0 atom stereocenters. The number of ether oxygens (including phenoxy) is 1. The second-order valence-electron chi connectivity index (χ2n) is 25.5. The maximum absolute atomic E-state index is 6.93. The van der Waals surface area contributed by atoms with Gasteiger partial charge < -0.3 is 19.1 Å². The van der Waals surface area contributed by atoms with Crippen molar-refractivity contribution in [2.24, 2.45) is 0 Å². The average molecular weight is 1230 g/mol. The second-order valence-corrected chi connectivity index (χ2v) is 25.5. The van der Waals surface area contributed by atoms with Gasteiger partial charge in [-0.15, -0.1) is 48.1 Å². The van der Waals surface area contributed by atoms with Gasteiger partial charge in [-0.25, -0.2) is 4.98 Å². The molecule has 2 aromatic heterocycles. The fraction of sp³-hybridized carbons (Fsp3) is 0.270. The summed E-state index contributed by atoms with van der Waals surface area (Å²) in [6.07, 6.45) is 1.94. The molecule has 0 radical (unpaired) electrons. The van der Waals surface area contributed by atoms with Crippen molar-refractivity contribution in [1.82, 2.24) is 9.55 Å². The van der Waals surface area contributed by atoms with Gasteiger partial charge >= 0.3 is 0 Å². The molecule has 0 saturated heterocycles. The zero-order valence-electron chi connectivity index (χ0n) is 49.1. The van der Waals surface area contributed by atoms with E-state index < -0.39 is 0 Å². The Morgan fingerprint density at radius 2 is 1.05 bits per heavy atom. The number of benzene rings is 8. The molecule has 10 aromatic rings. The molecule has 5 nitrogen and oxygen atoms in total. The van der Waals surface area contributed by atoms with E-state index in [2.05, 4.69) is 294 Å². The van der Waals surface area contributed by atoms with E-state index in [1.807, 2.05) is 18.3 Å². The Morgan fingerprint density at radius 1 is 0.475 bits per heavy atom. The van der Waals surface area contributed by atoms with Crippen LogP contribution in [0.25, 0.3) is 38.8 Å². The normalized spacial score (nSPS) is 13.2. The third-order valence-corrected chi connectivity index (χ3v) is 16.6. The van der Waals surface area contributed by atoms with Crippen molar-refractivity contribution in [1.29, 1.82) is 0 Å². The molecule has 80 heavy (non-hydrogen) atoms. The molecule has 0 fully saturated rings. The Balaban J connectivity index is 0.00000720. The zero-order chi connectivity index (χ0) is 55.8. The summed E-state index contributed by atoms with van der Waals surface area (Å²) in [4.78, 5) is 9.77. The van der Waals surface area contributed by atoms with Crippen LogP contribution in [0.2, 0.25) is 0 Å². The van der Waals surface area contributed by atoms with Crippen molar-refractivity contribution in [2.45, 2.75) is 130 Å². The number of hydrogen-bond acceptors (Lipinski definition) is 4. The summed E-state index contributed by atoms with van der Waals surface area (Å²) < 4.78 is 9.20. The summed E-state index contributed by atoms with van der Waals surface area (Å²) in [7, 11) is 0. The van der Waals surface area contributed by atoms with Crippen molar-refractivity contribution in [3.8, 4) is 28.4 Å². The summed E-state index contributed by atoms with van der Waals surface area (Å²) in [6.45, 7) is 34.4. The van der Waals surface area contributed by atoms with Gasteiger partial charge in [0.25, 0.3) is 0 Å². The summed E-state index contributed by atoms with van der Waals surface area (Å²) in [5.41, 5.74) is 18.2. The molecule has 0 unspecified atom stereocenters. The number of fused-ring (bicyclic) bond motifs is 4. The quantitative estimate of drug-likeness (QED) is 0.114. The van der Waals surface area contributed by atoms with Gasteiger partial charge in [-0.3, -0.25) is 0 Å². The van der Waals surface area contributed by atoms with Gasteiger partial charge in [-0.2, -0.15) is 12.1 Å². The van der Waals surface area contributed by atoms with Crippen molar-refractivity contribution in [3.63, 3.8) is 0 Å². The van der Waals surface area contributed by atoms with E-state index in [0.717, 1.165) is 50.4 Å². The molecular formula is C74H75N4OPt-3. The van der Waals surface area contributed by atoms with E-state index in [1.165, 1.54) is 55.6 Å². The van der Waals surface area contributed by atoms with Crippen LogP contribution in [0.4, 0.5) is 22.7 Å². The summed E-state index contributed by atoms with van der Waals surface area (Å²) in [5.74, 6) is 2.71. The first kappa shape index (κ1) is 56.1. The monoisotopic (exact) mass is 1230 g/mol. The number of hydrogen-bond donors (Lipinski definition) is 0. The Morgan fingerprint density at radius 3 is 1.65 bits per heavy atom. The Labute approximate surface area is 491 Å². The van der Waals surface area contributed by atoms with Crippen LogP contribution < -0.4 is 14.5 Å². The third-order valence-electron chi connectivity index (χ3n) is 16.6. The first-order valence-corrected chi connectivity index (χ1v) is 28.2. The van der Waals surface area contributed by atoms with Crippen LogP contribution in [-0.4, -0.2) is 9.55 Å². The Kier molecular flexibility index (Phi) is 15.0. The van der Waals surface area contributed by atoms with Gasteiger partial charge in [0.05, 0.1) is 0 Å². The topological polar surface area (TPSA) is 33.5 Å². The number of nitrogens with zero attached hydrogens (tertiary/aromatic N) is 4. The molecule has 6 heteroatoms. The van der Waals surface area contributed by atoms with Gasteiger partial charge in [0, 0.05) is 72.2 Å². The minimum absolute atomic E-state index is 0. The van der Waals surface area contributed by atoms with Gasteiger partial charge in [-0.05, 0) is 126 Å². The van der Waals surface area contributed by atoms with Crippen molar-refractivity contribution in [3.05, 3.63) is 245 Å². The van der Waals surface area contributed by atoms with Crippen molar-refractivity contribution < 1.29 is 25.8 Å². The molecule has 0 aliphatic carbocycles. The van der Waals surface area contributed by atoms with Gasteiger partial charge in [0.1, 0.15) is 5.82 Å². The molecule has 0 N–H and O–H groups in total. The zero-order valence-corrected chi connectivity index (χ0v) is 51.3. The predicted molar refractivity (Wildman–Crippen MR) is 332 cm³/mol. The van der Waals surface area contributed by atoms with Crippen LogP contribution in [-0.2, 0) is 42.7 Å². The van der Waals surface area contributed by atoms with Crippen molar-refractivity contribution in [2.75, 3.05) is 9.80 Å². The number of rotatable bonds is 12. The third kappa shape index (κ3) is 10.4. The molecule has 0 amide bonds. The molecular weight excluding hydrogens is 1160 g/mol. The minimum Gasteiger partial charge on any atom is -0.509 e. The Bertz CT molecular complexity index is 3830. The van der Waals surface area contributed by atoms with Gasteiger partial charge in [0.2, 0.25) is 0 Å². The van der Waals surface area contributed by atoms with E-state index in [9.17, 15) is 0 Å². The molecule has 1 aliphatic rings. The molecule has 11 rings (SSSR count). The number of aromatic nitrogens is 2. The fourth-order valence-corrected chi connectivity index (χ4v) is 11.5. The van der Waals surface area contributed by atoms with E-state index in [1.54, 1.807) is 0 Å². The van der Waals surface area contributed by atoms with E-state index in [0.29, 0.717) is 23.3 Å².